The maximum Gasteiger partial charge on any atom is 0.488 e. The predicted octanol–water partition coefficient (Wildman–Crippen LogP) is 2.78. The first-order valence-electron chi connectivity index (χ1n) is 6.43. The molecular weight excluding hydrogens is 315 g/mol. The highest BCUT2D eigenvalue weighted by molar-refractivity contribution is 7.98. The van der Waals surface area contributed by atoms with Crippen LogP contribution >= 0.6 is 11.8 Å². The van der Waals surface area contributed by atoms with Gasteiger partial charge in [0.15, 0.2) is 5.16 Å². The van der Waals surface area contributed by atoms with E-state index in [-0.39, 0.29) is 5.75 Å². The van der Waals surface area contributed by atoms with E-state index in [2.05, 4.69) is 14.2 Å². The molecule has 0 unspecified atom stereocenters. The number of fused-ring (bicyclic) bond motifs is 1. The van der Waals surface area contributed by atoms with Crippen molar-refractivity contribution in [3.63, 3.8) is 0 Å². The van der Waals surface area contributed by atoms with Gasteiger partial charge < -0.3 is 9.17 Å². The van der Waals surface area contributed by atoms with Crippen LogP contribution in [0.15, 0.2) is 29.4 Å². The molecule has 0 saturated heterocycles. The fourth-order valence-electron chi connectivity index (χ4n) is 2.24. The van der Waals surface area contributed by atoms with E-state index in [1.807, 2.05) is 0 Å². The summed E-state index contributed by atoms with van der Waals surface area (Å²) in [5, 5.41) is 0.895. The SMILES string of the molecule is O=S(=O)(F)Oc1ccc(CSc2nc3c([nH]2)CCC3)cc1. The minimum absolute atomic E-state index is 0.0387. The van der Waals surface area contributed by atoms with Crippen molar-refractivity contribution in [3.05, 3.63) is 41.2 Å². The van der Waals surface area contributed by atoms with E-state index in [0.717, 1.165) is 35.7 Å². The highest BCUT2D eigenvalue weighted by Crippen LogP contribution is 2.26. The van der Waals surface area contributed by atoms with Crippen molar-refractivity contribution in [2.75, 3.05) is 0 Å². The highest BCUT2D eigenvalue weighted by Gasteiger charge is 2.16. The number of benzene rings is 1. The van der Waals surface area contributed by atoms with E-state index in [0.29, 0.717) is 5.75 Å². The van der Waals surface area contributed by atoms with Gasteiger partial charge in [-0.15, -0.1) is 0 Å². The molecule has 0 aliphatic heterocycles. The molecule has 0 saturated carbocycles. The Morgan fingerprint density at radius 2 is 2.05 bits per heavy atom. The van der Waals surface area contributed by atoms with Gasteiger partial charge in [-0.25, -0.2) is 4.98 Å². The Labute approximate surface area is 126 Å². The number of hydrogen-bond donors (Lipinski definition) is 1. The maximum absolute atomic E-state index is 12.4. The van der Waals surface area contributed by atoms with Crippen molar-refractivity contribution in [2.24, 2.45) is 0 Å². The number of imidazole rings is 1. The van der Waals surface area contributed by atoms with E-state index in [4.69, 9.17) is 0 Å². The third-order valence-corrected chi connectivity index (χ3v) is 4.51. The van der Waals surface area contributed by atoms with E-state index in [1.165, 1.54) is 17.8 Å². The Morgan fingerprint density at radius 1 is 1.29 bits per heavy atom. The molecule has 1 aromatic heterocycles. The molecule has 0 atom stereocenters. The van der Waals surface area contributed by atoms with Crippen LogP contribution < -0.4 is 4.18 Å². The van der Waals surface area contributed by atoms with Crippen LogP contribution in [0.25, 0.3) is 0 Å². The average molecular weight is 328 g/mol. The standard InChI is InChI=1S/C13H13FN2O3S2/c14-21(17,18)19-10-6-4-9(5-7-10)8-20-13-15-11-2-1-3-12(11)16-13/h4-7H,1-3,8H2,(H,15,16). The van der Waals surface area contributed by atoms with E-state index in [9.17, 15) is 12.3 Å². The number of nitrogens with one attached hydrogen (secondary N) is 1. The van der Waals surface area contributed by atoms with Gasteiger partial charge >= 0.3 is 10.5 Å². The van der Waals surface area contributed by atoms with Crippen LogP contribution in [-0.2, 0) is 29.1 Å². The number of thioether (sulfide) groups is 1. The average Bonchev–Trinajstić information content (AvgIpc) is 2.96. The zero-order valence-corrected chi connectivity index (χ0v) is 12.6. The maximum atomic E-state index is 12.4. The second kappa shape index (κ2) is 5.69. The summed E-state index contributed by atoms with van der Waals surface area (Å²) in [6.45, 7) is 0. The van der Waals surface area contributed by atoms with Crippen LogP contribution in [0.2, 0.25) is 0 Å². The molecule has 1 N–H and O–H groups in total. The van der Waals surface area contributed by atoms with Crippen molar-refractivity contribution < 1.29 is 16.5 Å². The quantitative estimate of drug-likeness (QED) is 0.675. The first-order valence-corrected chi connectivity index (χ1v) is 8.72. The Morgan fingerprint density at radius 3 is 2.71 bits per heavy atom. The lowest BCUT2D eigenvalue weighted by atomic mass is 10.2. The summed E-state index contributed by atoms with van der Waals surface area (Å²) in [7, 11) is -4.96. The first-order chi connectivity index (χ1) is 9.99. The van der Waals surface area contributed by atoms with Crippen LogP contribution in [-0.4, -0.2) is 18.4 Å². The molecule has 2 aromatic rings. The molecule has 0 amide bonds. The van der Waals surface area contributed by atoms with Crippen molar-refractivity contribution in [2.45, 2.75) is 30.2 Å². The van der Waals surface area contributed by atoms with Crippen LogP contribution in [0.1, 0.15) is 23.4 Å². The molecule has 21 heavy (non-hydrogen) atoms. The molecule has 0 bridgehead atoms. The summed E-state index contributed by atoms with van der Waals surface area (Å²) in [6, 6.07) is 6.25. The molecule has 1 heterocycles. The van der Waals surface area contributed by atoms with Gasteiger partial charge in [0.25, 0.3) is 0 Å². The van der Waals surface area contributed by atoms with E-state index < -0.39 is 10.5 Å². The fourth-order valence-corrected chi connectivity index (χ4v) is 3.45. The second-order valence-corrected chi connectivity index (χ2v) is 6.65. The number of nitrogens with zero attached hydrogens (tertiary/aromatic N) is 1. The summed E-state index contributed by atoms with van der Waals surface area (Å²) >= 11 is 1.58. The number of rotatable bonds is 5. The lowest BCUT2D eigenvalue weighted by Gasteiger charge is -2.02. The molecule has 8 heteroatoms. The molecule has 112 valence electrons. The normalized spacial score (nSPS) is 14.1. The largest absolute Gasteiger partial charge is 0.488 e. The summed E-state index contributed by atoms with van der Waals surface area (Å²) in [5.41, 5.74) is 3.36. The van der Waals surface area contributed by atoms with Crippen molar-refractivity contribution in [3.8, 4) is 5.75 Å². The Hall–Kier alpha value is -1.54. The van der Waals surface area contributed by atoms with Crippen LogP contribution in [0.5, 0.6) is 5.75 Å². The Bertz CT molecular complexity index is 720. The fraction of sp³-hybridized carbons (Fsp3) is 0.308. The summed E-state index contributed by atoms with van der Waals surface area (Å²) in [5.74, 6) is 0.651. The topological polar surface area (TPSA) is 72.1 Å². The zero-order valence-electron chi connectivity index (χ0n) is 11.0. The number of aromatic amines is 1. The number of H-pyrrole nitrogens is 1. The van der Waals surface area contributed by atoms with Crippen molar-refractivity contribution in [1.82, 2.24) is 9.97 Å². The number of halogens is 1. The second-order valence-electron chi connectivity index (χ2n) is 4.73. The van der Waals surface area contributed by atoms with Crippen molar-refractivity contribution >= 4 is 22.3 Å². The summed E-state index contributed by atoms with van der Waals surface area (Å²) in [6.07, 6.45) is 3.26. The van der Waals surface area contributed by atoms with Crippen LogP contribution in [0.3, 0.4) is 0 Å². The summed E-state index contributed by atoms with van der Waals surface area (Å²) in [4.78, 5) is 7.83. The molecule has 0 radical (unpaired) electrons. The molecule has 5 nitrogen and oxygen atoms in total. The van der Waals surface area contributed by atoms with Crippen LogP contribution in [0.4, 0.5) is 3.89 Å². The molecule has 1 aliphatic rings. The third kappa shape index (κ3) is 3.76. The summed E-state index contributed by atoms with van der Waals surface area (Å²) < 4.78 is 37.2. The van der Waals surface area contributed by atoms with Gasteiger partial charge in [-0.05, 0) is 37.0 Å². The van der Waals surface area contributed by atoms with Crippen LogP contribution in [0, 0.1) is 0 Å². The number of aromatic nitrogens is 2. The minimum atomic E-state index is -4.96. The van der Waals surface area contributed by atoms with Gasteiger partial charge in [-0.1, -0.05) is 27.8 Å². The highest BCUT2D eigenvalue weighted by atomic mass is 32.3. The monoisotopic (exact) mass is 328 g/mol. The number of hydrogen-bond acceptors (Lipinski definition) is 5. The molecule has 0 fully saturated rings. The number of aryl methyl sites for hydroxylation is 2. The molecule has 0 spiro atoms. The zero-order chi connectivity index (χ0) is 14.9. The van der Waals surface area contributed by atoms with Gasteiger partial charge in [0, 0.05) is 11.4 Å². The molecule has 1 aromatic carbocycles. The minimum Gasteiger partial charge on any atom is -0.358 e. The Kier molecular flexibility index (Phi) is 3.90. The lowest BCUT2D eigenvalue weighted by molar-refractivity contribution is 0.440. The van der Waals surface area contributed by atoms with Gasteiger partial charge in [-0.2, -0.15) is 8.42 Å². The smallest absolute Gasteiger partial charge is 0.358 e. The van der Waals surface area contributed by atoms with Gasteiger partial charge in [-0.3, -0.25) is 0 Å². The van der Waals surface area contributed by atoms with E-state index in [1.54, 1.807) is 23.9 Å². The third-order valence-electron chi connectivity index (χ3n) is 3.18. The lowest BCUT2D eigenvalue weighted by Crippen LogP contribution is -2.00. The van der Waals surface area contributed by atoms with E-state index >= 15 is 0 Å². The Balaban J connectivity index is 1.60. The molecule has 3 rings (SSSR count). The predicted molar refractivity (Wildman–Crippen MR) is 77.3 cm³/mol. The van der Waals surface area contributed by atoms with Gasteiger partial charge in [0.2, 0.25) is 0 Å². The van der Waals surface area contributed by atoms with Gasteiger partial charge in [0.1, 0.15) is 5.75 Å². The molecular formula is C13H13FN2O3S2. The van der Waals surface area contributed by atoms with Crippen molar-refractivity contribution in [1.29, 1.82) is 0 Å². The van der Waals surface area contributed by atoms with Gasteiger partial charge in [0.05, 0.1) is 5.69 Å². The first kappa shape index (κ1) is 14.4. The molecule has 1 aliphatic carbocycles.